The highest BCUT2D eigenvalue weighted by atomic mass is 16.4. The van der Waals surface area contributed by atoms with E-state index in [0.29, 0.717) is 13.0 Å². The molecule has 0 amide bonds. The van der Waals surface area contributed by atoms with Gasteiger partial charge in [0, 0.05) is 25.6 Å². The molecule has 1 aliphatic heterocycles. The van der Waals surface area contributed by atoms with Crippen LogP contribution in [-0.2, 0) is 4.79 Å². The molecule has 1 aliphatic rings. The third-order valence-electron chi connectivity index (χ3n) is 2.98. The zero-order valence-corrected chi connectivity index (χ0v) is 9.31. The minimum atomic E-state index is -0.832. The molecule has 1 heterocycles. The van der Waals surface area contributed by atoms with Crippen molar-refractivity contribution in [1.29, 1.82) is 0 Å². The van der Waals surface area contributed by atoms with Crippen LogP contribution in [0.4, 0.5) is 0 Å². The van der Waals surface area contributed by atoms with Crippen molar-refractivity contribution in [2.75, 3.05) is 20.1 Å². The summed E-state index contributed by atoms with van der Waals surface area (Å²) in [6, 6.07) is -0.341. The number of nitrogens with one attached hydrogen (secondary N) is 1. The molecule has 1 fully saturated rings. The Kier molecular flexibility index (Phi) is 4.50. The highest BCUT2D eigenvalue weighted by molar-refractivity contribution is 5.74. The quantitative estimate of drug-likeness (QED) is 0.578. The van der Waals surface area contributed by atoms with Gasteiger partial charge in [-0.3, -0.25) is 9.69 Å². The van der Waals surface area contributed by atoms with E-state index in [9.17, 15) is 9.90 Å². The van der Waals surface area contributed by atoms with Crippen molar-refractivity contribution in [2.24, 2.45) is 0 Å². The second-order valence-electron chi connectivity index (χ2n) is 4.06. The number of β-amino-alcohol motifs (C(OH)–C–C–N with tert-alkyl or cyclic N) is 1. The lowest BCUT2D eigenvalue weighted by Gasteiger charge is -2.29. The fourth-order valence-electron chi connectivity index (χ4n) is 2.22. The van der Waals surface area contributed by atoms with E-state index in [0.717, 1.165) is 13.0 Å². The predicted octanol–water partition coefficient (Wildman–Crippen LogP) is -0.496. The van der Waals surface area contributed by atoms with Crippen LogP contribution in [0.15, 0.2) is 0 Å². The standard InChI is InChI=1S/C10H20N2O3/c1-3-7(5-11-2)12-6-8(13)4-9(12)10(14)15/h7-9,11,13H,3-6H2,1-2H3,(H,14,15). The summed E-state index contributed by atoms with van der Waals surface area (Å²) in [5, 5.41) is 21.6. The van der Waals surface area contributed by atoms with Crippen molar-refractivity contribution >= 4 is 5.97 Å². The molecule has 15 heavy (non-hydrogen) atoms. The van der Waals surface area contributed by atoms with Crippen LogP contribution in [0.25, 0.3) is 0 Å². The average molecular weight is 216 g/mol. The second kappa shape index (κ2) is 5.44. The van der Waals surface area contributed by atoms with Gasteiger partial charge in [-0.1, -0.05) is 6.92 Å². The molecule has 3 unspecified atom stereocenters. The van der Waals surface area contributed by atoms with Gasteiger partial charge >= 0.3 is 5.97 Å². The summed E-state index contributed by atoms with van der Waals surface area (Å²) in [5.74, 6) is -0.832. The fraction of sp³-hybridized carbons (Fsp3) is 0.900. The Labute approximate surface area is 90.1 Å². The monoisotopic (exact) mass is 216 g/mol. The Hall–Kier alpha value is -0.650. The molecule has 0 aromatic carbocycles. The van der Waals surface area contributed by atoms with Crippen LogP contribution in [0.2, 0.25) is 0 Å². The number of likely N-dealkylation sites (tertiary alicyclic amines) is 1. The molecule has 0 aromatic heterocycles. The normalized spacial score (nSPS) is 29.3. The lowest BCUT2D eigenvalue weighted by molar-refractivity contribution is -0.143. The first-order chi connectivity index (χ1) is 7.10. The van der Waals surface area contributed by atoms with Gasteiger partial charge < -0.3 is 15.5 Å². The van der Waals surface area contributed by atoms with Gasteiger partial charge in [0.2, 0.25) is 0 Å². The van der Waals surface area contributed by atoms with E-state index in [2.05, 4.69) is 5.32 Å². The first-order valence-electron chi connectivity index (χ1n) is 5.41. The summed E-state index contributed by atoms with van der Waals surface area (Å²) in [4.78, 5) is 12.9. The molecule has 0 aromatic rings. The summed E-state index contributed by atoms with van der Waals surface area (Å²) in [6.45, 7) is 3.26. The third kappa shape index (κ3) is 2.90. The summed E-state index contributed by atoms with van der Waals surface area (Å²) < 4.78 is 0. The number of carboxylic acids is 1. The lowest BCUT2D eigenvalue weighted by Crippen LogP contribution is -2.47. The minimum Gasteiger partial charge on any atom is -0.480 e. The SMILES string of the molecule is CCC(CNC)N1CC(O)CC1C(=O)O. The summed E-state index contributed by atoms with van der Waals surface area (Å²) >= 11 is 0. The Morgan fingerprint density at radius 3 is 2.80 bits per heavy atom. The molecule has 88 valence electrons. The highest BCUT2D eigenvalue weighted by Crippen LogP contribution is 2.22. The second-order valence-corrected chi connectivity index (χ2v) is 4.06. The average Bonchev–Trinajstić information content (AvgIpc) is 2.56. The first-order valence-corrected chi connectivity index (χ1v) is 5.41. The van der Waals surface area contributed by atoms with E-state index in [4.69, 9.17) is 5.11 Å². The maximum atomic E-state index is 11.0. The van der Waals surface area contributed by atoms with E-state index in [1.165, 1.54) is 0 Å². The van der Waals surface area contributed by atoms with E-state index in [-0.39, 0.29) is 6.04 Å². The van der Waals surface area contributed by atoms with E-state index in [1.54, 1.807) is 0 Å². The van der Waals surface area contributed by atoms with Crippen molar-refractivity contribution in [1.82, 2.24) is 10.2 Å². The molecule has 0 spiro atoms. The molecule has 5 nitrogen and oxygen atoms in total. The Morgan fingerprint density at radius 2 is 2.33 bits per heavy atom. The van der Waals surface area contributed by atoms with Gasteiger partial charge in [0.1, 0.15) is 6.04 Å². The number of rotatable bonds is 5. The van der Waals surface area contributed by atoms with Gasteiger partial charge in [0.25, 0.3) is 0 Å². The lowest BCUT2D eigenvalue weighted by atomic mass is 10.1. The van der Waals surface area contributed by atoms with E-state index in [1.807, 2.05) is 18.9 Å². The van der Waals surface area contributed by atoms with Crippen LogP contribution in [-0.4, -0.2) is 59.4 Å². The number of nitrogens with zero attached hydrogens (tertiary/aromatic N) is 1. The number of carbonyl (C=O) groups is 1. The first kappa shape index (κ1) is 12.4. The number of carboxylic acid groups (broad SMARTS) is 1. The molecule has 0 aliphatic carbocycles. The van der Waals surface area contributed by atoms with E-state index >= 15 is 0 Å². The minimum absolute atomic E-state index is 0.188. The van der Waals surface area contributed by atoms with Crippen LogP contribution in [0.3, 0.4) is 0 Å². The summed E-state index contributed by atoms with van der Waals surface area (Å²) in [7, 11) is 1.85. The molecule has 3 N–H and O–H groups in total. The summed E-state index contributed by atoms with van der Waals surface area (Å²) in [5.41, 5.74) is 0. The van der Waals surface area contributed by atoms with Crippen molar-refractivity contribution < 1.29 is 15.0 Å². The van der Waals surface area contributed by atoms with Gasteiger partial charge in [-0.05, 0) is 13.5 Å². The third-order valence-corrected chi connectivity index (χ3v) is 2.98. The zero-order valence-electron chi connectivity index (χ0n) is 9.31. The van der Waals surface area contributed by atoms with Crippen molar-refractivity contribution in [3.8, 4) is 0 Å². The van der Waals surface area contributed by atoms with Gasteiger partial charge in [-0.25, -0.2) is 0 Å². The molecule has 1 saturated heterocycles. The smallest absolute Gasteiger partial charge is 0.321 e. The van der Waals surface area contributed by atoms with Crippen molar-refractivity contribution in [3.63, 3.8) is 0 Å². The van der Waals surface area contributed by atoms with Crippen molar-refractivity contribution in [2.45, 2.75) is 38.0 Å². The van der Waals surface area contributed by atoms with Gasteiger partial charge in [0.05, 0.1) is 6.10 Å². The Balaban J connectivity index is 2.67. The number of hydrogen-bond acceptors (Lipinski definition) is 4. The van der Waals surface area contributed by atoms with Crippen LogP contribution < -0.4 is 5.32 Å². The number of aliphatic hydroxyl groups is 1. The predicted molar refractivity (Wildman–Crippen MR) is 56.8 cm³/mol. The van der Waals surface area contributed by atoms with Gasteiger partial charge in [-0.2, -0.15) is 0 Å². The molecular formula is C10H20N2O3. The van der Waals surface area contributed by atoms with Crippen LogP contribution in [0, 0.1) is 0 Å². The maximum absolute atomic E-state index is 11.0. The molecular weight excluding hydrogens is 196 g/mol. The number of aliphatic carboxylic acids is 1. The van der Waals surface area contributed by atoms with Gasteiger partial charge in [0.15, 0.2) is 0 Å². The molecule has 1 rings (SSSR count). The fourth-order valence-corrected chi connectivity index (χ4v) is 2.22. The summed E-state index contributed by atoms with van der Waals surface area (Å²) in [6.07, 6.45) is 0.726. The Bertz CT molecular complexity index is 223. The molecule has 0 bridgehead atoms. The zero-order chi connectivity index (χ0) is 11.4. The van der Waals surface area contributed by atoms with E-state index < -0.39 is 18.1 Å². The molecule has 0 radical (unpaired) electrons. The van der Waals surface area contributed by atoms with Gasteiger partial charge in [-0.15, -0.1) is 0 Å². The number of aliphatic hydroxyl groups excluding tert-OH is 1. The molecule has 0 saturated carbocycles. The topological polar surface area (TPSA) is 72.8 Å². The molecule has 5 heteroatoms. The van der Waals surface area contributed by atoms with Crippen LogP contribution in [0.1, 0.15) is 19.8 Å². The van der Waals surface area contributed by atoms with Crippen LogP contribution >= 0.6 is 0 Å². The van der Waals surface area contributed by atoms with Crippen LogP contribution in [0.5, 0.6) is 0 Å². The largest absolute Gasteiger partial charge is 0.480 e. The number of hydrogen-bond donors (Lipinski definition) is 3. The number of likely N-dealkylation sites (N-methyl/N-ethyl adjacent to an activating group) is 1. The maximum Gasteiger partial charge on any atom is 0.321 e. The van der Waals surface area contributed by atoms with Crippen molar-refractivity contribution in [3.05, 3.63) is 0 Å². The molecule has 3 atom stereocenters. The Morgan fingerprint density at radius 1 is 1.67 bits per heavy atom. The highest BCUT2D eigenvalue weighted by Gasteiger charge is 2.38.